The molecular formula is C26H27ClN4O3S. The van der Waals surface area contributed by atoms with Gasteiger partial charge in [0.15, 0.2) is 0 Å². The molecule has 0 radical (unpaired) electrons. The number of nitriles is 1. The van der Waals surface area contributed by atoms with Crippen LogP contribution in [0.5, 0.6) is 11.5 Å². The average Bonchev–Trinajstić information content (AvgIpc) is 3.28. The van der Waals surface area contributed by atoms with E-state index in [9.17, 15) is 10.1 Å². The second-order valence-electron chi connectivity index (χ2n) is 8.63. The number of nitrogens with one attached hydrogen (secondary N) is 1. The SMILES string of the molecule is CCc1nnc(NC(=O)C(C#N)=Cc2cc(Cl)ccc2OCCOc2ccc(C(C)(C)C)cc2)s1. The van der Waals surface area contributed by atoms with Crippen molar-refractivity contribution in [2.24, 2.45) is 0 Å². The number of rotatable bonds is 9. The van der Waals surface area contributed by atoms with Gasteiger partial charge < -0.3 is 9.47 Å². The lowest BCUT2D eigenvalue weighted by atomic mass is 9.87. The van der Waals surface area contributed by atoms with E-state index in [1.165, 1.54) is 23.0 Å². The second kappa shape index (κ2) is 11.8. The van der Waals surface area contributed by atoms with E-state index < -0.39 is 5.91 Å². The number of ether oxygens (including phenoxy) is 2. The number of aryl methyl sites for hydroxylation is 1. The van der Waals surface area contributed by atoms with Gasteiger partial charge in [-0.1, -0.05) is 62.8 Å². The summed E-state index contributed by atoms with van der Waals surface area (Å²) in [6.07, 6.45) is 2.15. The number of hydrogen-bond acceptors (Lipinski definition) is 7. The highest BCUT2D eigenvalue weighted by Crippen LogP contribution is 2.27. The summed E-state index contributed by atoms with van der Waals surface area (Å²) in [5, 5.41) is 21.6. The van der Waals surface area contributed by atoms with Crippen molar-refractivity contribution < 1.29 is 14.3 Å². The monoisotopic (exact) mass is 510 g/mol. The maximum absolute atomic E-state index is 12.6. The standard InChI is InChI=1S/C26H27ClN4O3S/c1-5-23-30-31-25(35-23)29-24(32)18(16-28)14-17-15-20(27)8-11-22(17)34-13-12-33-21-9-6-19(7-10-21)26(2,3)4/h6-11,14-15H,5,12-13H2,1-4H3,(H,29,31,32). The van der Waals surface area contributed by atoms with Crippen LogP contribution in [0.4, 0.5) is 5.13 Å². The van der Waals surface area contributed by atoms with E-state index >= 15 is 0 Å². The first kappa shape index (κ1) is 26.2. The Morgan fingerprint density at radius 2 is 1.86 bits per heavy atom. The third-order valence-corrected chi connectivity index (χ3v) is 6.17. The molecule has 9 heteroatoms. The lowest BCUT2D eigenvalue weighted by Crippen LogP contribution is -2.13. The summed E-state index contributed by atoms with van der Waals surface area (Å²) >= 11 is 7.41. The molecular weight excluding hydrogens is 484 g/mol. The van der Waals surface area contributed by atoms with Crippen molar-refractivity contribution in [3.05, 3.63) is 69.2 Å². The van der Waals surface area contributed by atoms with E-state index in [4.69, 9.17) is 21.1 Å². The van der Waals surface area contributed by atoms with Gasteiger partial charge in [0.25, 0.3) is 5.91 Å². The van der Waals surface area contributed by atoms with Crippen LogP contribution in [0.25, 0.3) is 6.08 Å². The smallest absolute Gasteiger partial charge is 0.268 e. The minimum atomic E-state index is -0.584. The van der Waals surface area contributed by atoms with Gasteiger partial charge in [-0.15, -0.1) is 10.2 Å². The predicted octanol–water partition coefficient (Wildman–Crippen LogP) is 6.05. The normalized spacial score (nSPS) is 11.6. The first-order valence-electron chi connectivity index (χ1n) is 11.1. The van der Waals surface area contributed by atoms with Crippen LogP contribution in [-0.2, 0) is 16.6 Å². The Morgan fingerprint density at radius 1 is 1.14 bits per heavy atom. The van der Waals surface area contributed by atoms with Crippen LogP contribution in [0.3, 0.4) is 0 Å². The van der Waals surface area contributed by atoms with Gasteiger partial charge in [-0.3, -0.25) is 10.1 Å². The first-order chi connectivity index (χ1) is 16.7. The van der Waals surface area contributed by atoms with Crippen molar-refractivity contribution >= 4 is 40.1 Å². The molecule has 0 atom stereocenters. The van der Waals surface area contributed by atoms with Crippen LogP contribution >= 0.6 is 22.9 Å². The third kappa shape index (κ3) is 7.54. The maximum Gasteiger partial charge on any atom is 0.268 e. The van der Waals surface area contributed by atoms with E-state index in [1.807, 2.05) is 25.1 Å². The largest absolute Gasteiger partial charge is 0.490 e. The molecule has 1 heterocycles. The topological polar surface area (TPSA) is 97.1 Å². The maximum atomic E-state index is 12.6. The van der Waals surface area contributed by atoms with Gasteiger partial charge in [0.1, 0.15) is 41.4 Å². The van der Waals surface area contributed by atoms with Gasteiger partial charge in [-0.25, -0.2) is 0 Å². The molecule has 0 fully saturated rings. The van der Waals surface area contributed by atoms with Gasteiger partial charge >= 0.3 is 0 Å². The van der Waals surface area contributed by atoms with E-state index in [-0.39, 0.29) is 17.6 Å². The lowest BCUT2D eigenvalue weighted by molar-refractivity contribution is -0.112. The Kier molecular flexibility index (Phi) is 8.85. The minimum Gasteiger partial charge on any atom is -0.490 e. The summed E-state index contributed by atoms with van der Waals surface area (Å²) in [5.41, 5.74) is 1.70. The Labute approximate surface area is 214 Å². The number of carbonyl (C=O) groups is 1. The van der Waals surface area contributed by atoms with E-state index in [2.05, 4.69) is 48.4 Å². The number of nitrogens with zero attached hydrogens (tertiary/aromatic N) is 3. The molecule has 0 aliphatic heterocycles. The molecule has 2 aromatic carbocycles. The number of carbonyl (C=O) groups excluding carboxylic acids is 1. The average molecular weight is 511 g/mol. The van der Waals surface area contributed by atoms with Crippen molar-refractivity contribution in [2.75, 3.05) is 18.5 Å². The molecule has 1 N–H and O–H groups in total. The summed E-state index contributed by atoms with van der Waals surface area (Å²) in [5.74, 6) is 0.647. The summed E-state index contributed by atoms with van der Waals surface area (Å²) in [4.78, 5) is 12.6. The molecule has 1 amide bonds. The molecule has 7 nitrogen and oxygen atoms in total. The highest BCUT2D eigenvalue weighted by Gasteiger charge is 2.15. The fourth-order valence-corrected chi connectivity index (χ4v) is 3.90. The lowest BCUT2D eigenvalue weighted by Gasteiger charge is -2.19. The summed E-state index contributed by atoms with van der Waals surface area (Å²) < 4.78 is 11.6. The second-order valence-corrected chi connectivity index (χ2v) is 10.1. The molecule has 0 saturated heterocycles. The van der Waals surface area contributed by atoms with Crippen LogP contribution in [0.1, 0.15) is 43.8 Å². The van der Waals surface area contributed by atoms with Crippen molar-refractivity contribution in [3.8, 4) is 17.6 Å². The minimum absolute atomic E-state index is 0.0783. The van der Waals surface area contributed by atoms with Crippen LogP contribution in [0.15, 0.2) is 48.0 Å². The Bertz CT molecular complexity index is 1240. The van der Waals surface area contributed by atoms with Gasteiger partial charge in [0.2, 0.25) is 5.13 Å². The molecule has 0 aliphatic carbocycles. The highest BCUT2D eigenvalue weighted by molar-refractivity contribution is 7.15. The van der Waals surface area contributed by atoms with E-state index in [0.29, 0.717) is 34.5 Å². The molecule has 35 heavy (non-hydrogen) atoms. The zero-order chi connectivity index (χ0) is 25.4. The van der Waals surface area contributed by atoms with Gasteiger partial charge in [0, 0.05) is 10.6 Å². The van der Waals surface area contributed by atoms with Crippen molar-refractivity contribution in [1.82, 2.24) is 10.2 Å². The highest BCUT2D eigenvalue weighted by atomic mass is 35.5. The quantitative estimate of drug-likeness (QED) is 0.213. The van der Waals surface area contributed by atoms with Crippen molar-refractivity contribution in [1.29, 1.82) is 5.26 Å². The van der Waals surface area contributed by atoms with Crippen LogP contribution in [0.2, 0.25) is 5.02 Å². The molecule has 0 bridgehead atoms. The molecule has 0 spiro atoms. The van der Waals surface area contributed by atoms with Crippen molar-refractivity contribution in [3.63, 3.8) is 0 Å². The van der Waals surface area contributed by atoms with Crippen molar-refractivity contribution in [2.45, 2.75) is 39.5 Å². The number of amides is 1. The summed E-state index contributed by atoms with van der Waals surface area (Å²) in [7, 11) is 0. The van der Waals surface area contributed by atoms with Crippen LogP contribution in [-0.4, -0.2) is 29.3 Å². The van der Waals surface area contributed by atoms with E-state index in [1.54, 1.807) is 18.2 Å². The molecule has 182 valence electrons. The predicted molar refractivity (Wildman–Crippen MR) is 139 cm³/mol. The zero-order valence-electron chi connectivity index (χ0n) is 20.1. The first-order valence-corrected chi connectivity index (χ1v) is 12.3. The van der Waals surface area contributed by atoms with Crippen LogP contribution in [0, 0.1) is 11.3 Å². The number of hydrogen-bond donors (Lipinski definition) is 1. The Hall–Kier alpha value is -3.41. The molecule has 0 saturated carbocycles. The molecule has 0 unspecified atom stereocenters. The van der Waals surface area contributed by atoms with Gasteiger partial charge in [0.05, 0.1) is 0 Å². The van der Waals surface area contributed by atoms with Gasteiger partial charge in [-0.2, -0.15) is 5.26 Å². The van der Waals surface area contributed by atoms with E-state index in [0.717, 1.165) is 10.8 Å². The van der Waals surface area contributed by atoms with Gasteiger partial charge in [-0.05, 0) is 53.8 Å². The fourth-order valence-electron chi connectivity index (χ4n) is 3.04. The number of anilines is 1. The molecule has 0 aliphatic rings. The molecule has 1 aromatic heterocycles. The summed E-state index contributed by atoms with van der Waals surface area (Å²) in [6, 6.07) is 14.9. The van der Waals surface area contributed by atoms with Crippen LogP contribution < -0.4 is 14.8 Å². The number of benzene rings is 2. The fraction of sp³-hybridized carbons (Fsp3) is 0.308. The number of halogens is 1. The number of aromatic nitrogens is 2. The Morgan fingerprint density at radius 3 is 2.49 bits per heavy atom. The summed E-state index contributed by atoms with van der Waals surface area (Å²) in [6.45, 7) is 9.02. The zero-order valence-corrected chi connectivity index (χ0v) is 21.7. The molecule has 3 rings (SSSR count). The Balaban J connectivity index is 1.64. The third-order valence-electron chi connectivity index (χ3n) is 4.96. The molecule has 3 aromatic rings.